The van der Waals surface area contributed by atoms with Gasteiger partial charge >= 0.3 is 0 Å². The molecular formula is C29H42N2O3. The number of ether oxygens (including phenoxy) is 2. The molecule has 0 saturated heterocycles. The van der Waals surface area contributed by atoms with Gasteiger partial charge < -0.3 is 14.3 Å². The second kappa shape index (κ2) is 15.9. The van der Waals surface area contributed by atoms with Crippen LogP contribution in [0.1, 0.15) is 49.8 Å². The first-order valence-electron chi connectivity index (χ1n) is 12.4. The maximum atomic E-state index is 6.13. The van der Waals surface area contributed by atoms with Gasteiger partial charge in [0.25, 0.3) is 0 Å². The van der Waals surface area contributed by atoms with Gasteiger partial charge in [-0.05, 0) is 81.9 Å². The summed E-state index contributed by atoms with van der Waals surface area (Å²) in [6.45, 7) is 12.6. The van der Waals surface area contributed by atoms with Crippen LogP contribution in [-0.4, -0.2) is 50.6 Å². The van der Waals surface area contributed by atoms with E-state index in [1.165, 1.54) is 5.56 Å². The predicted octanol–water partition coefficient (Wildman–Crippen LogP) is 6.37. The molecule has 0 saturated carbocycles. The van der Waals surface area contributed by atoms with Crippen molar-refractivity contribution in [1.29, 1.82) is 0 Å². The molecule has 0 aliphatic heterocycles. The monoisotopic (exact) mass is 466 g/mol. The molecule has 0 atom stereocenters. The Morgan fingerprint density at radius 1 is 1.00 bits per heavy atom. The molecule has 5 nitrogen and oxygen atoms in total. The highest BCUT2D eigenvalue weighted by Gasteiger charge is 2.10. The van der Waals surface area contributed by atoms with Crippen molar-refractivity contribution in [2.75, 3.05) is 40.0 Å². The van der Waals surface area contributed by atoms with Crippen LogP contribution in [0, 0.1) is 13.8 Å². The second-order valence-electron chi connectivity index (χ2n) is 8.55. The quantitative estimate of drug-likeness (QED) is 0.125. The van der Waals surface area contributed by atoms with Crippen LogP contribution in [0.2, 0.25) is 0 Å². The fourth-order valence-corrected chi connectivity index (χ4v) is 3.94. The van der Waals surface area contributed by atoms with E-state index in [9.17, 15) is 0 Å². The molecule has 2 aromatic carbocycles. The molecule has 0 heterocycles. The molecule has 0 radical (unpaired) electrons. The van der Waals surface area contributed by atoms with E-state index >= 15 is 0 Å². The smallest absolute Gasteiger partial charge is 0.125 e. The van der Waals surface area contributed by atoms with Gasteiger partial charge in [0, 0.05) is 13.0 Å². The lowest BCUT2D eigenvalue weighted by Crippen LogP contribution is -2.31. The molecule has 0 bridgehead atoms. The third kappa shape index (κ3) is 10.0. The highest BCUT2D eigenvalue weighted by Crippen LogP contribution is 2.28. The van der Waals surface area contributed by atoms with E-state index in [1.54, 1.807) is 7.11 Å². The van der Waals surface area contributed by atoms with Crippen molar-refractivity contribution in [3.8, 4) is 11.5 Å². The Bertz CT molecular complexity index is 870. The zero-order chi connectivity index (χ0) is 24.6. The maximum Gasteiger partial charge on any atom is 0.125 e. The van der Waals surface area contributed by atoms with E-state index in [4.69, 9.17) is 14.3 Å². The van der Waals surface area contributed by atoms with Crippen LogP contribution in [-0.2, 0) is 11.3 Å². The van der Waals surface area contributed by atoms with Crippen molar-refractivity contribution in [2.24, 2.45) is 5.16 Å². The molecule has 0 fully saturated rings. The number of hydrogen-bond donors (Lipinski definition) is 0. The molecule has 0 N–H and O–H groups in total. The van der Waals surface area contributed by atoms with Crippen LogP contribution < -0.4 is 9.47 Å². The molecule has 0 amide bonds. The Hall–Kier alpha value is -2.79. The minimum Gasteiger partial charge on any atom is -0.493 e. The minimum absolute atomic E-state index is 0.593. The van der Waals surface area contributed by atoms with E-state index in [0.29, 0.717) is 6.61 Å². The summed E-state index contributed by atoms with van der Waals surface area (Å²) in [4.78, 5) is 7.54. The summed E-state index contributed by atoms with van der Waals surface area (Å²) in [5.74, 6) is 1.87. The number of nitrogens with zero attached hydrogens (tertiary/aromatic N) is 2. The van der Waals surface area contributed by atoms with Crippen LogP contribution >= 0.6 is 0 Å². The minimum atomic E-state index is 0.593. The first-order valence-corrected chi connectivity index (χ1v) is 12.4. The van der Waals surface area contributed by atoms with Crippen molar-refractivity contribution in [1.82, 2.24) is 4.90 Å². The first kappa shape index (κ1) is 27.5. The van der Waals surface area contributed by atoms with E-state index in [2.05, 4.69) is 67.2 Å². The van der Waals surface area contributed by atoms with E-state index < -0.39 is 0 Å². The molecule has 5 heteroatoms. The van der Waals surface area contributed by atoms with Crippen LogP contribution in [0.4, 0.5) is 0 Å². The summed E-state index contributed by atoms with van der Waals surface area (Å²) >= 11 is 0. The van der Waals surface area contributed by atoms with Gasteiger partial charge in [0.15, 0.2) is 0 Å². The van der Waals surface area contributed by atoms with Gasteiger partial charge in [-0.3, -0.25) is 4.90 Å². The maximum absolute atomic E-state index is 6.13. The average molecular weight is 467 g/mol. The summed E-state index contributed by atoms with van der Waals surface area (Å²) in [5.41, 5.74) is 4.56. The number of oxime groups is 1. The normalized spacial score (nSPS) is 11.9. The number of aryl methyl sites for hydroxylation is 2. The molecule has 2 rings (SSSR count). The summed E-state index contributed by atoms with van der Waals surface area (Å²) < 4.78 is 11.9. The third-order valence-corrected chi connectivity index (χ3v) is 5.71. The number of hydrogen-bond acceptors (Lipinski definition) is 5. The lowest BCUT2D eigenvalue weighted by atomic mass is 10.1. The summed E-state index contributed by atoms with van der Waals surface area (Å²) in [6, 6.07) is 14.5. The number of benzene rings is 2. The lowest BCUT2D eigenvalue weighted by molar-refractivity contribution is 0.209. The lowest BCUT2D eigenvalue weighted by Gasteiger charge is -2.21. The molecule has 186 valence electrons. The molecule has 2 aromatic rings. The topological polar surface area (TPSA) is 43.3 Å². The fraction of sp³-hybridized carbons (Fsp3) is 0.483. The van der Waals surface area contributed by atoms with Crippen LogP contribution in [0.25, 0.3) is 0 Å². The van der Waals surface area contributed by atoms with Gasteiger partial charge in [0.1, 0.15) is 25.2 Å². The number of allylic oxidation sites excluding steroid dienone is 1. The molecule has 34 heavy (non-hydrogen) atoms. The van der Waals surface area contributed by atoms with Gasteiger partial charge in [-0.2, -0.15) is 0 Å². The first-order chi connectivity index (χ1) is 16.6. The van der Waals surface area contributed by atoms with Crippen molar-refractivity contribution in [3.63, 3.8) is 0 Å². The van der Waals surface area contributed by atoms with Gasteiger partial charge in [-0.25, -0.2) is 0 Å². The Kier molecular flexibility index (Phi) is 12.9. The van der Waals surface area contributed by atoms with Crippen LogP contribution in [0.15, 0.2) is 59.8 Å². The molecule has 0 aromatic heterocycles. The van der Waals surface area contributed by atoms with Crippen molar-refractivity contribution < 1.29 is 14.3 Å². The Morgan fingerprint density at radius 2 is 1.74 bits per heavy atom. The summed E-state index contributed by atoms with van der Waals surface area (Å²) in [5, 5.41) is 4.28. The third-order valence-electron chi connectivity index (χ3n) is 5.71. The zero-order valence-corrected chi connectivity index (χ0v) is 21.7. The highest BCUT2D eigenvalue weighted by molar-refractivity contribution is 5.88. The Labute approximate surface area is 206 Å². The zero-order valence-electron chi connectivity index (χ0n) is 21.7. The highest BCUT2D eigenvalue weighted by atomic mass is 16.6. The summed E-state index contributed by atoms with van der Waals surface area (Å²) in [7, 11) is 1.62. The number of rotatable bonds is 16. The van der Waals surface area contributed by atoms with Gasteiger partial charge in [-0.1, -0.05) is 54.6 Å². The van der Waals surface area contributed by atoms with Gasteiger partial charge in [0.2, 0.25) is 0 Å². The van der Waals surface area contributed by atoms with Crippen molar-refractivity contribution >= 4 is 5.71 Å². The molecule has 0 aliphatic rings. The largest absolute Gasteiger partial charge is 0.493 e. The molecular weight excluding hydrogens is 424 g/mol. The van der Waals surface area contributed by atoms with Crippen LogP contribution in [0.5, 0.6) is 11.5 Å². The molecule has 0 unspecified atom stereocenters. The van der Waals surface area contributed by atoms with Gasteiger partial charge in [0.05, 0.1) is 12.3 Å². The second-order valence-corrected chi connectivity index (χ2v) is 8.55. The summed E-state index contributed by atoms with van der Waals surface area (Å²) in [6.07, 6.45) is 8.12. The average Bonchev–Trinajstić information content (AvgIpc) is 2.82. The van der Waals surface area contributed by atoms with Crippen LogP contribution in [0.3, 0.4) is 0 Å². The molecule has 0 aliphatic carbocycles. The standard InChI is InChI=1S/C29H42N2O3/c1-6-8-18-33-28-20-24(3)29(25(4)21-28)34-19-14-10-13-17-31(7-2)23-27(30-32-5)22-26-15-11-9-12-16-26/h6,8-9,11-12,15-16,20-21H,7,10,13-14,17-19,22-23H2,1-5H3/b8-6+,30-27?. The predicted molar refractivity (Wildman–Crippen MR) is 142 cm³/mol. The Balaban J connectivity index is 1.73. The van der Waals surface area contributed by atoms with E-state index in [-0.39, 0.29) is 0 Å². The van der Waals surface area contributed by atoms with E-state index in [0.717, 1.165) is 80.3 Å². The Morgan fingerprint density at radius 3 is 2.38 bits per heavy atom. The van der Waals surface area contributed by atoms with Crippen molar-refractivity contribution in [3.05, 3.63) is 71.3 Å². The van der Waals surface area contributed by atoms with E-state index in [1.807, 2.05) is 25.1 Å². The van der Waals surface area contributed by atoms with Crippen molar-refractivity contribution in [2.45, 2.75) is 53.4 Å². The fourth-order valence-electron chi connectivity index (χ4n) is 3.94. The number of unbranched alkanes of at least 4 members (excludes halogenated alkanes) is 2. The molecule has 0 spiro atoms. The SMILES string of the molecule is C/C=C/COc1cc(C)c(OCCCCCN(CC)CC(Cc2ccccc2)=NOC)c(C)c1. The van der Waals surface area contributed by atoms with Gasteiger partial charge in [-0.15, -0.1) is 0 Å².